The smallest absolute Gasteiger partial charge is 0.462 e. The number of phosphoric acid groups is 2. The molecule has 0 aliphatic carbocycles. The number of hydrogen-bond donors (Lipinski definition) is 3. The zero-order chi connectivity index (χ0) is 65.4. The lowest BCUT2D eigenvalue weighted by Crippen LogP contribution is -2.30. The summed E-state index contributed by atoms with van der Waals surface area (Å²) in [6.45, 7) is 4.87. The minimum Gasteiger partial charge on any atom is -0.462 e. The van der Waals surface area contributed by atoms with Gasteiger partial charge in [-0.05, 0) is 25.7 Å². The second-order valence-electron chi connectivity index (χ2n) is 25.3. The molecular formula is C70H136O17P2. The van der Waals surface area contributed by atoms with E-state index >= 15 is 0 Å². The van der Waals surface area contributed by atoms with Crippen LogP contribution < -0.4 is 0 Å². The van der Waals surface area contributed by atoms with Crippen molar-refractivity contribution < 1.29 is 80.2 Å². The Balaban J connectivity index is 5.09. The first-order valence-corrected chi connectivity index (χ1v) is 39.8. The summed E-state index contributed by atoms with van der Waals surface area (Å²) in [7, 11) is -9.89. The first-order valence-electron chi connectivity index (χ1n) is 36.8. The van der Waals surface area contributed by atoms with Gasteiger partial charge in [-0.1, -0.05) is 317 Å². The Kier molecular flexibility index (Phi) is 63.3. The second kappa shape index (κ2) is 64.8. The fraction of sp³-hybridized carbons (Fsp3) is 0.943. The summed E-state index contributed by atoms with van der Waals surface area (Å²) in [5.41, 5.74) is 0. The van der Waals surface area contributed by atoms with Crippen LogP contribution in [0.1, 0.15) is 368 Å². The van der Waals surface area contributed by atoms with Gasteiger partial charge in [-0.2, -0.15) is 0 Å². The molecule has 89 heavy (non-hydrogen) atoms. The van der Waals surface area contributed by atoms with E-state index in [1.807, 2.05) is 0 Å². The van der Waals surface area contributed by atoms with Gasteiger partial charge in [-0.3, -0.25) is 37.3 Å². The molecule has 0 bridgehead atoms. The first kappa shape index (κ1) is 87.1. The Hall–Kier alpha value is -1.94. The van der Waals surface area contributed by atoms with Crippen molar-refractivity contribution in [3.63, 3.8) is 0 Å². The van der Waals surface area contributed by atoms with Crippen LogP contribution in [0.2, 0.25) is 0 Å². The molecular weight excluding hydrogens is 1170 g/mol. The molecule has 0 aromatic rings. The van der Waals surface area contributed by atoms with Gasteiger partial charge in [-0.25, -0.2) is 9.13 Å². The topological polar surface area (TPSA) is 237 Å². The number of carbonyl (C=O) groups excluding carboxylic acids is 4. The summed E-state index contributed by atoms with van der Waals surface area (Å²) in [6.07, 6.45) is 53.1. The number of ether oxygens (including phenoxy) is 4. The SMILES string of the molecule is CCCCCCCCCCCCCCCCCCCCCCCCC(=O)O[C@H](COC(=O)CCCCCCCCCCCCC)COP(=O)(O)OC[C@@H](O)COP(=O)(O)OC[C@@H](COC(=O)CCCCCCCCC)OC(=O)CCCCCCCCCCC. The maximum Gasteiger partial charge on any atom is 0.472 e. The number of phosphoric ester groups is 2. The largest absolute Gasteiger partial charge is 0.472 e. The summed E-state index contributed by atoms with van der Waals surface area (Å²) >= 11 is 0. The van der Waals surface area contributed by atoms with Crippen molar-refractivity contribution in [1.82, 2.24) is 0 Å². The van der Waals surface area contributed by atoms with Crippen molar-refractivity contribution in [3.05, 3.63) is 0 Å². The fourth-order valence-electron chi connectivity index (χ4n) is 10.7. The molecule has 0 aromatic carbocycles. The van der Waals surface area contributed by atoms with Crippen molar-refractivity contribution in [1.29, 1.82) is 0 Å². The molecule has 0 rings (SSSR count). The van der Waals surface area contributed by atoms with Gasteiger partial charge in [0.25, 0.3) is 0 Å². The Morgan fingerprint density at radius 3 is 0.663 bits per heavy atom. The normalized spacial score (nSPS) is 14.0. The zero-order valence-electron chi connectivity index (χ0n) is 57.4. The summed E-state index contributed by atoms with van der Waals surface area (Å²) in [4.78, 5) is 72.3. The molecule has 3 N–H and O–H groups in total. The highest BCUT2D eigenvalue weighted by molar-refractivity contribution is 7.47. The minimum atomic E-state index is -4.95. The van der Waals surface area contributed by atoms with E-state index in [0.29, 0.717) is 25.7 Å². The van der Waals surface area contributed by atoms with Crippen LogP contribution in [0.3, 0.4) is 0 Å². The average molecular weight is 1310 g/mol. The summed E-state index contributed by atoms with van der Waals surface area (Å²) in [5, 5.41) is 10.6. The maximum absolute atomic E-state index is 13.0. The maximum atomic E-state index is 13.0. The number of aliphatic hydroxyl groups is 1. The quantitative estimate of drug-likeness (QED) is 0.0222. The van der Waals surface area contributed by atoms with E-state index in [4.69, 9.17) is 37.0 Å². The lowest BCUT2D eigenvalue weighted by atomic mass is 10.0. The van der Waals surface area contributed by atoms with Crippen molar-refractivity contribution in [3.8, 4) is 0 Å². The van der Waals surface area contributed by atoms with Gasteiger partial charge in [0.15, 0.2) is 12.2 Å². The minimum absolute atomic E-state index is 0.106. The van der Waals surface area contributed by atoms with E-state index in [0.717, 1.165) is 103 Å². The molecule has 0 saturated heterocycles. The molecule has 0 spiro atoms. The van der Waals surface area contributed by atoms with E-state index in [1.54, 1.807) is 0 Å². The molecule has 528 valence electrons. The van der Waals surface area contributed by atoms with Gasteiger partial charge in [0.1, 0.15) is 19.3 Å². The van der Waals surface area contributed by atoms with Gasteiger partial charge in [0.2, 0.25) is 0 Å². The van der Waals surface area contributed by atoms with Crippen LogP contribution >= 0.6 is 15.6 Å². The van der Waals surface area contributed by atoms with E-state index in [2.05, 4.69) is 27.7 Å². The van der Waals surface area contributed by atoms with Crippen LogP contribution in [0.25, 0.3) is 0 Å². The van der Waals surface area contributed by atoms with Gasteiger partial charge in [0, 0.05) is 25.7 Å². The van der Waals surface area contributed by atoms with Crippen molar-refractivity contribution in [2.75, 3.05) is 39.6 Å². The number of esters is 4. The highest BCUT2D eigenvalue weighted by atomic mass is 31.2. The monoisotopic (exact) mass is 1310 g/mol. The van der Waals surface area contributed by atoms with Crippen LogP contribution in [-0.4, -0.2) is 96.7 Å². The van der Waals surface area contributed by atoms with Gasteiger partial charge in [0.05, 0.1) is 26.4 Å². The summed E-state index contributed by atoms with van der Waals surface area (Å²) in [6, 6.07) is 0. The molecule has 0 radical (unpaired) electrons. The molecule has 5 atom stereocenters. The summed E-state index contributed by atoms with van der Waals surface area (Å²) in [5.74, 6) is -2.13. The molecule has 17 nitrogen and oxygen atoms in total. The number of aliphatic hydroxyl groups excluding tert-OH is 1. The Morgan fingerprint density at radius 1 is 0.270 bits per heavy atom. The van der Waals surface area contributed by atoms with Crippen molar-refractivity contribution in [2.45, 2.75) is 386 Å². The van der Waals surface area contributed by atoms with Crippen molar-refractivity contribution in [2.24, 2.45) is 0 Å². The van der Waals surface area contributed by atoms with Crippen molar-refractivity contribution >= 4 is 39.5 Å². The first-order chi connectivity index (χ1) is 43.2. The van der Waals surface area contributed by atoms with E-state index in [-0.39, 0.29) is 25.7 Å². The molecule has 0 saturated carbocycles. The summed E-state index contributed by atoms with van der Waals surface area (Å²) < 4.78 is 68.1. The third-order valence-corrected chi connectivity index (χ3v) is 18.3. The molecule has 0 aromatic heterocycles. The number of hydrogen-bond acceptors (Lipinski definition) is 15. The molecule has 0 heterocycles. The van der Waals surface area contributed by atoms with Crippen LogP contribution in [0.4, 0.5) is 0 Å². The number of carbonyl (C=O) groups is 4. The van der Waals surface area contributed by atoms with E-state index in [1.165, 1.54) is 186 Å². The lowest BCUT2D eigenvalue weighted by Gasteiger charge is -2.21. The third-order valence-electron chi connectivity index (χ3n) is 16.4. The van der Waals surface area contributed by atoms with E-state index < -0.39 is 97.5 Å². The zero-order valence-corrected chi connectivity index (χ0v) is 59.2. The third kappa shape index (κ3) is 64.6. The van der Waals surface area contributed by atoms with Crippen LogP contribution in [0.5, 0.6) is 0 Å². The highest BCUT2D eigenvalue weighted by Gasteiger charge is 2.30. The lowest BCUT2D eigenvalue weighted by molar-refractivity contribution is -0.161. The second-order valence-corrected chi connectivity index (χ2v) is 28.2. The fourth-order valence-corrected chi connectivity index (χ4v) is 12.3. The van der Waals surface area contributed by atoms with Gasteiger partial charge >= 0.3 is 39.5 Å². The number of rotatable bonds is 71. The van der Waals surface area contributed by atoms with Crippen LogP contribution in [0.15, 0.2) is 0 Å². The molecule has 19 heteroatoms. The number of unbranched alkanes of at least 4 members (excludes halogenated alkanes) is 45. The van der Waals surface area contributed by atoms with Crippen LogP contribution in [-0.2, 0) is 65.4 Å². The van der Waals surface area contributed by atoms with Gasteiger partial charge in [-0.15, -0.1) is 0 Å². The standard InChI is InChI=1S/C70H136O17P2/c1-5-9-13-17-21-24-26-27-28-29-30-31-32-33-34-35-36-38-41-45-49-53-57-70(75)87-66(61-81-68(73)55-51-47-43-40-37-25-22-18-14-10-6-2)63-85-89(78,79)83-59-64(71)58-82-88(76,77)84-62-65(60-80-67(72)54-50-46-42-20-16-12-8-4)86-69(74)56-52-48-44-39-23-19-15-11-7-3/h64-66,71H,5-63H2,1-4H3,(H,76,77)(H,78,79)/t64-,65+,66+/m0/s1. The Bertz CT molecular complexity index is 1710. The predicted octanol–water partition coefficient (Wildman–Crippen LogP) is 20.3. The highest BCUT2D eigenvalue weighted by Crippen LogP contribution is 2.45. The van der Waals surface area contributed by atoms with E-state index in [9.17, 15) is 43.2 Å². The predicted molar refractivity (Wildman–Crippen MR) is 359 cm³/mol. The van der Waals surface area contributed by atoms with Gasteiger partial charge < -0.3 is 33.8 Å². The molecule has 0 aliphatic rings. The molecule has 0 amide bonds. The molecule has 2 unspecified atom stereocenters. The molecule has 0 aliphatic heterocycles. The Morgan fingerprint density at radius 2 is 0.449 bits per heavy atom. The molecule has 0 fully saturated rings. The Labute approximate surface area is 543 Å². The van der Waals surface area contributed by atoms with Crippen LogP contribution in [0, 0.1) is 0 Å². The average Bonchev–Trinajstić information content (AvgIpc) is 3.60.